The van der Waals surface area contributed by atoms with Gasteiger partial charge in [0.15, 0.2) is 5.96 Å². The Morgan fingerprint density at radius 1 is 1.37 bits per heavy atom. The molecular formula is C15H28N4. The summed E-state index contributed by atoms with van der Waals surface area (Å²) in [4.78, 5) is 7.04. The van der Waals surface area contributed by atoms with Crippen LogP contribution in [0.25, 0.3) is 0 Å². The molecule has 4 heteroatoms. The molecule has 2 aliphatic carbocycles. The van der Waals surface area contributed by atoms with E-state index < -0.39 is 0 Å². The van der Waals surface area contributed by atoms with E-state index in [1.54, 1.807) is 0 Å². The Labute approximate surface area is 117 Å². The van der Waals surface area contributed by atoms with E-state index in [4.69, 9.17) is 0 Å². The highest BCUT2D eigenvalue weighted by atomic mass is 15.3. The Balaban J connectivity index is 1.46. The molecule has 0 bridgehead atoms. The fourth-order valence-electron chi connectivity index (χ4n) is 3.15. The molecule has 3 fully saturated rings. The maximum absolute atomic E-state index is 4.37. The first kappa shape index (κ1) is 13.2. The zero-order valence-electron chi connectivity index (χ0n) is 12.6. The van der Waals surface area contributed by atoms with Crippen LogP contribution in [0.5, 0.6) is 0 Å². The summed E-state index contributed by atoms with van der Waals surface area (Å²) in [6.07, 6.45) is 6.76. The fraction of sp³-hybridized carbons (Fsp3) is 0.933. The molecule has 1 saturated heterocycles. The highest BCUT2D eigenvalue weighted by Crippen LogP contribution is 2.44. The molecule has 2 atom stereocenters. The lowest BCUT2D eigenvalue weighted by Gasteiger charge is -2.20. The number of nitrogens with zero attached hydrogens (tertiary/aromatic N) is 2. The Kier molecular flexibility index (Phi) is 3.46. The molecule has 2 saturated carbocycles. The normalized spacial score (nSPS) is 34.4. The topological polar surface area (TPSA) is 39.7 Å². The van der Waals surface area contributed by atoms with Gasteiger partial charge in [0.1, 0.15) is 0 Å². The van der Waals surface area contributed by atoms with Gasteiger partial charge in [-0.2, -0.15) is 0 Å². The lowest BCUT2D eigenvalue weighted by atomic mass is 10.1. The first-order valence-electron chi connectivity index (χ1n) is 7.82. The third-order valence-electron chi connectivity index (χ3n) is 4.99. The SMILES string of the molecule is CN=C(NCC1(C)CC1)NC1CC(C)N(C2CC2)C1. The minimum atomic E-state index is 0.528. The van der Waals surface area contributed by atoms with Crippen LogP contribution in [0.3, 0.4) is 0 Å². The second-order valence-corrected chi connectivity index (χ2v) is 7.09. The third-order valence-corrected chi connectivity index (χ3v) is 4.99. The van der Waals surface area contributed by atoms with E-state index in [0.29, 0.717) is 11.5 Å². The van der Waals surface area contributed by atoms with Crippen molar-refractivity contribution in [3.8, 4) is 0 Å². The van der Waals surface area contributed by atoms with Crippen LogP contribution in [0.4, 0.5) is 0 Å². The Morgan fingerprint density at radius 3 is 2.68 bits per heavy atom. The average Bonchev–Trinajstić information content (AvgIpc) is 3.29. The predicted octanol–water partition coefficient (Wildman–Crippen LogP) is 1.58. The van der Waals surface area contributed by atoms with Crippen LogP contribution in [0.15, 0.2) is 4.99 Å². The minimum Gasteiger partial charge on any atom is -0.356 e. The van der Waals surface area contributed by atoms with Crippen molar-refractivity contribution in [2.75, 3.05) is 20.1 Å². The van der Waals surface area contributed by atoms with E-state index in [-0.39, 0.29) is 0 Å². The van der Waals surface area contributed by atoms with Crippen molar-refractivity contribution >= 4 is 5.96 Å². The molecule has 3 rings (SSSR count). The number of guanidine groups is 1. The Bertz CT molecular complexity index is 357. The van der Waals surface area contributed by atoms with Crippen LogP contribution in [0.1, 0.15) is 46.0 Å². The van der Waals surface area contributed by atoms with E-state index in [0.717, 1.165) is 24.6 Å². The highest BCUT2D eigenvalue weighted by Gasteiger charge is 2.39. The van der Waals surface area contributed by atoms with E-state index >= 15 is 0 Å². The van der Waals surface area contributed by atoms with Crippen molar-refractivity contribution in [1.29, 1.82) is 0 Å². The fourth-order valence-corrected chi connectivity index (χ4v) is 3.15. The molecule has 1 aliphatic heterocycles. The molecule has 2 N–H and O–H groups in total. The van der Waals surface area contributed by atoms with E-state index in [1.165, 1.54) is 38.6 Å². The molecule has 0 radical (unpaired) electrons. The van der Waals surface area contributed by atoms with Crippen LogP contribution in [0.2, 0.25) is 0 Å². The van der Waals surface area contributed by atoms with Crippen LogP contribution in [-0.4, -0.2) is 49.1 Å². The van der Waals surface area contributed by atoms with Gasteiger partial charge in [-0.25, -0.2) is 0 Å². The molecule has 4 nitrogen and oxygen atoms in total. The molecule has 1 heterocycles. The van der Waals surface area contributed by atoms with E-state index in [2.05, 4.69) is 34.4 Å². The van der Waals surface area contributed by atoms with Crippen molar-refractivity contribution in [1.82, 2.24) is 15.5 Å². The van der Waals surface area contributed by atoms with Gasteiger partial charge in [-0.15, -0.1) is 0 Å². The van der Waals surface area contributed by atoms with Gasteiger partial charge in [0.25, 0.3) is 0 Å². The Hall–Kier alpha value is -0.770. The summed E-state index contributed by atoms with van der Waals surface area (Å²) in [5.74, 6) is 0.989. The quantitative estimate of drug-likeness (QED) is 0.598. The summed E-state index contributed by atoms with van der Waals surface area (Å²) in [5, 5.41) is 7.10. The number of aliphatic imine (C=N–C) groups is 1. The molecule has 19 heavy (non-hydrogen) atoms. The number of hydrogen-bond donors (Lipinski definition) is 2. The van der Waals surface area contributed by atoms with Crippen molar-refractivity contribution in [2.45, 2.75) is 64.1 Å². The second-order valence-electron chi connectivity index (χ2n) is 7.09. The van der Waals surface area contributed by atoms with Gasteiger partial charge in [0.05, 0.1) is 0 Å². The van der Waals surface area contributed by atoms with E-state index in [9.17, 15) is 0 Å². The lowest BCUT2D eigenvalue weighted by molar-refractivity contribution is 0.256. The van der Waals surface area contributed by atoms with Gasteiger partial charge < -0.3 is 10.6 Å². The molecule has 0 aromatic carbocycles. The summed E-state index contributed by atoms with van der Waals surface area (Å²) in [5.41, 5.74) is 0.528. The number of hydrogen-bond acceptors (Lipinski definition) is 2. The molecule has 0 aromatic rings. The van der Waals surface area contributed by atoms with Gasteiger partial charge in [-0.3, -0.25) is 9.89 Å². The zero-order chi connectivity index (χ0) is 13.5. The molecular weight excluding hydrogens is 236 g/mol. The van der Waals surface area contributed by atoms with E-state index in [1.807, 2.05) is 7.05 Å². The van der Waals surface area contributed by atoms with Crippen molar-refractivity contribution in [3.05, 3.63) is 0 Å². The molecule has 108 valence electrons. The van der Waals surface area contributed by atoms with Crippen LogP contribution in [0, 0.1) is 5.41 Å². The number of likely N-dealkylation sites (tertiary alicyclic amines) is 1. The number of rotatable bonds is 4. The summed E-state index contributed by atoms with van der Waals surface area (Å²) in [6.45, 7) is 6.95. The summed E-state index contributed by atoms with van der Waals surface area (Å²) in [7, 11) is 1.88. The third kappa shape index (κ3) is 3.22. The average molecular weight is 264 g/mol. The van der Waals surface area contributed by atoms with Crippen molar-refractivity contribution in [3.63, 3.8) is 0 Å². The Morgan fingerprint density at radius 2 is 2.11 bits per heavy atom. The highest BCUT2D eigenvalue weighted by molar-refractivity contribution is 5.80. The monoisotopic (exact) mass is 264 g/mol. The summed E-state index contributed by atoms with van der Waals surface area (Å²) >= 11 is 0. The maximum Gasteiger partial charge on any atom is 0.191 e. The number of nitrogens with one attached hydrogen (secondary N) is 2. The molecule has 0 spiro atoms. The molecule has 3 aliphatic rings. The van der Waals surface area contributed by atoms with Crippen LogP contribution in [-0.2, 0) is 0 Å². The summed E-state index contributed by atoms with van der Waals surface area (Å²) in [6, 6.07) is 2.17. The van der Waals surface area contributed by atoms with Gasteiger partial charge in [-0.05, 0) is 44.4 Å². The van der Waals surface area contributed by atoms with Gasteiger partial charge >= 0.3 is 0 Å². The minimum absolute atomic E-state index is 0.528. The molecule has 0 aromatic heterocycles. The summed E-state index contributed by atoms with van der Waals surface area (Å²) < 4.78 is 0. The molecule has 2 unspecified atom stereocenters. The molecule has 0 amide bonds. The lowest BCUT2D eigenvalue weighted by Crippen LogP contribution is -2.46. The van der Waals surface area contributed by atoms with Gasteiger partial charge in [-0.1, -0.05) is 6.92 Å². The van der Waals surface area contributed by atoms with Gasteiger partial charge in [0, 0.05) is 38.3 Å². The first-order chi connectivity index (χ1) is 9.09. The standard InChI is InChI=1S/C15H28N4/c1-11-8-12(9-19(11)13-4-5-13)18-14(16-3)17-10-15(2)6-7-15/h11-13H,4-10H2,1-3H3,(H2,16,17,18). The van der Waals surface area contributed by atoms with Crippen molar-refractivity contribution in [2.24, 2.45) is 10.4 Å². The maximum atomic E-state index is 4.37. The predicted molar refractivity (Wildman–Crippen MR) is 79.4 cm³/mol. The van der Waals surface area contributed by atoms with Gasteiger partial charge in [0.2, 0.25) is 0 Å². The zero-order valence-corrected chi connectivity index (χ0v) is 12.6. The second kappa shape index (κ2) is 4.97. The van der Waals surface area contributed by atoms with Crippen LogP contribution < -0.4 is 10.6 Å². The smallest absolute Gasteiger partial charge is 0.191 e. The van der Waals surface area contributed by atoms with Crippen molar-refractivity contribution < 1.29 is 0 Å². The first-order valence-corrected chi connectivity index (χ1v) is 7.82. The largest absolute Gasteiger partial charge is 0.356 e. The van der Waals surface area contributed by atoms with Crippen LogP contribution >= 0.6 is 0 Å².